The van der Waals surface area contributed by atoms with E-state index >= 15 is 0 Å². The van der Waals surface area contributed by atoms with Crippen LogP contribution >= 0.6 is 0 Å². The minimum atomic E-state index is -0.275. The molecule has 1 fully saturated rings. The molecule has 0 saturated heterocycles. The van der Waals surface area contributed by atoms with Crippen LogP contribution in [0.3, 0.4) is 0 Å². The van der Waals surface area contributed by atoms with Crippen molar-refractivity contribution in [2.75, 3.05) is 0 Å². The van der Waals surface area contributed by atoms with E-state index in [-0.39, 0.29) is 28.9 Å². The van der Waals surface area contributed by atoms with Crippen LogP contribution in [0.5, 0.6) is 11.5 Å². The van der Waals surface area contributed by atoms with Crippen LogP contribution in [-0.4, -0.2) is 22.2 Å². The Balaban J connectivity index is 2.07. The number of amides is 1. The van der Waals surface area contributed by atoms with Gasteiger partial charge < -0.3 is 15.5 Å². The lowest BCUT2D eigenvalue weighted by molar-refractivity contribution is 0.0946. The molecular formula is C12H15NO3. The Kier molecular flexibility index (Phi) is 2.30. The normalized spacial score (nSPS) is 21.5. The highest BCUT2D eigenvalue weighted by Gasteiger charge is 2.46. The first kappa shape index (κ1) is 10.8. The van der Waals surface area contributed by atoms with Crippen molar-refractivity contribution in [3.8, 4) is 11.5 Å². The van der Waals surface area contributed by atoms with Crippen LogP contribution in [0.4, 0.5) is 0 Å². The average molecular weight is 221 g/mol. The Morgan fingerprint density at radius 2 is 2.00 bits per heavy atom. The van der Waals surface area contributed by atoms with E-state index in [0.29, 0.717) is 5.56 Å². The summed E-state index contributed by atoms with van der Waals surface area (Å²) in [7, 11) is 0. The maximum atomic E-state index is 11.7. The predicted molar refractivity (Wildman–Crippen MR) is 59.4 cm³/mol. The van der Waals surface area contributed by atoms with Crippen molar-refractivity contribution < 1.29 is 15.0 Å². The number of carbonyl (C=O) groups excluding carboxylic acids is 1. The Bertz CT molecular complexity index is 440. The molecule has 0 spiro atoms. The minimum absolute atomic E-state index is 0.175. The van der Waals surface area contributed by atoms with Gasteiger partial charge in [-0.25, -0.2) is 0 Å². The van der Waals surface area contributed by atoms with Crippen LogP contribution in [0.15, 0.2) is 18.2 Å². The van der Waals surface area contributed by atoms with Crippen molar-refractivity contribution in [3.63, 3.8) is 0 Å². The molecule has 4 heteroatoms. The van der Waals surface area contributed by atoms with Crippen LogP contribution in [0, 0.1) is 5.41 Å². The van der Waals surface area contributed by atoms with Gasteiger partial charge in [-0.3, -0.25) is 4.79 Å². The van der Waals surface area contributed by atoms with E-state index in [0.717, 1.165) is 6.42 Å². The van der Waals surface area contributed by atoms with Crippen molar-refractivity contribution in [2.45, 2.75) is 26.3 Å². The number of rotatable bonds is 2. The maximum Gasteiger partial charge on any atom is 0.251 e. The van der Waals surface area contributed by atoms with E-state index < -0.39 is 0 Å². The number of nitrogens with one attached hydrogen (secondary N) is 1. The van der Waals surface area contributed by atoms with Gasteiger partial charge >= 0.3 is 0 Å². The van der Waals surface area contributed by atoms with E-state index in [4.69, 9.17) is 5.11 Å². The summed E-state index contributed by atoms with van der Waals surface area (Å²) in [5.74, 6) is -0.711. The average Bonchev–Trinajstić information content (AvgIpc) is 2.78. The number of phenols is 2. The van der Waals surface area contributed by atoms with Gasteiger partial charge in [0.05, 0.1) is 0 Å². The Morgan fingerprint density at radius 3 is 2.50 bits per heavy atom. The molecular weight excluding hydrogens is 206 g/mol. The highest BCUT2D eigenvalue weighted by atomic mass is 16.3. The number of hydrogen-bond acceptors (Lipinski definition) is 3. The largest absolute Gasteiger partial charge is 0.504 e. The summed E-state index contributed by atoms with van der Waals surface area (Å²) < 4.78 is 0. The lowest BCUT2D eigenvalue weighted by atomic mass is 10.1. The van der Waals surface area contributed by atoms with E-state index in [1.165, 1.54) is 18.2 Å². The van der Waals surface area contributed by atoms with Gasteiger partial charge in [0.15, 0.2) is 11.5 Å². The smallest absolute Gasteiger partial charge is 0.251 e. The lowest BCUT2D eigenvalue weighted by Gasteiger charge is -2.07. The first-order valence-electron chi connectivity index (χ1n) is 5.23. The van der Waals surface area contributed by atoms with Gasteiger partial charge in [-0.1, -0.05) is 13.8 Å². The standard InChI is InChI=1S/C12H15NO3/c1-12(2)6-10(12)13-11(16)7-3-4-8(14)9(15)5-7/h3-5,10,14-15H,6H2,1-2H3,(H,13,16). The van der Waals surface area contributed by atoms with Gasteiger partial charge in [-0.05, 0) is 30.0 Å². The second-order valence-corrected chi connectivity index (χ2v) is 4.92. The van der Waals surface area contributed by atoms with Gasteiger partial charge in [0.1, 0.15) is 0 Å². The molecule has 16 heavy (non-hydrogen) atoms. The fourth-order valence-electron chi connectivity index (χ4n) is 1.62. The zero-order valence-electron chi connectivity index (χ0n) is 9.32. The van der Waals surface area contributed by atoms with Crippen LogP contribution in [0.1, 0.15) is 30.6 Å². The number of carbonyl (C=O) groups is 1. The molecule has 2 rings (SSSR count). The Morgan fingerprint density at radius 1 is 1.38 bits per heavy atom. The van der Waals surface area contributed by atoms with Crippen LogP contribution < -0.4 is 5.32 Å². The van der Waals surface area contributed by atoms with E-state index in [9.17, 15) is 9.90 Å². The van der Waals surface area contributed by atoms with Crippen molar-refractivity contribution in [1.29, 1.82) is 0 Å². The monoisotopic (exact) mass is 221 g/mol. The summed E-state index contributed by atoms with van der Waals surface area (Å²) in [4.78, 5) is 11.7. The minimum Gasteiger partial charge on any atom is -0.504 e. The molecule has 4 nitrogen and oxygen atoms in total. The van der Waals surface area contributed by atoms with E-state index in [1.54, 1.807) is 0 Å². The van der Waals surface area contributed by atoms with Crippen LogP contribution in [0.2, 0.25) is 0 Å². The molecule has 1 aromatic carbocycles. The number of aromatic hydroxyl groups is 2. The van der Waals surface area contributed by atoms with Gasteiger partial charge in [0, 0.05) is 11.6 Å². The summed E-state index contributed by atoms with van der Waals surface area (Å²) in [5, 5.41) is 21.3. The van der Waals surface area contributed by atoms with Gasteiger partial charge in [-0.15, -0.1) is 0 Å². The molecule has 86 valence electrons. The first-order valence-corrected chi connectivity index (χ1v) is 5.23. The Hall–Kier alpha value is -1.71. The number of hydrogen-bond donors (Lipinski definition) is 3. The molecule has 3 N–H and O–H groups in total. The molecule has 0 aromatic heterocycles. The predicted octanol–water partition coefficient (Wildman–Crippen LogP) is 1.63. The SMILES string of the molecule is CC1(C)CC1NC(=O)c1ccc(O)c(O)c1. The molecule has 0 heterocycles. The molecule has 1 aliphatic carbocycles. The van der Waals surface area contributed by atoms with Gasteiger partial charge in [0.2, 0.25) is 0 Å². The maximum absolute atomic E-state index is 11.7. The molecule has 0 aliphatic heterocycles. The van der Waals surface area contributed by atoms with Gasteiger partial charge in [-0.2, -0.15) is 0 Å². The van der Waals surface area contributed by atoms with E-state index in [2.05, 4.69) is 19.2 Å². The molecule has 0 bridgehead atoms. The zero-order chi connectivity index (χ0) is 11.9. The summed E-state index contributed by atoms with van der Waals surface area (Å²) >= 11 is 0. The fourth-order valence-corrected chi connectivity index (χ4v) is 1.62. The highest BCUT2D eigenvalue weighted by Crippen LogP contribution is 2.44. The molecule has 1 saturated carbocycles. The first-order chi connectivity index (χ1) is 7.40. The zero-order valence-corrected chi connectivity index (χ0v) is 9.32. The lowest BCUT2D eigenvalue weighted by Crippen LogP contribution is -2.28. The van der Waals surface area contributed by atoms with Crippen LogP contribution in [-0.2, 0) is 0 Å². The second kappa shape index (κ2) is 3.40. The van der Waals surface area contributed by atoms with E-state index in [1.807, 2.05) is 0 Å². The van der Waals surface area contributed by atoms with Crippen molar-refractivity contribution >= 4 is 5.91 Å². The van der Waals surface area contributed by atoms with Crippen molar-refractivity contribution in [2.24, 2.45) is 5.41 Å². The second-order valence-electron chi connectivity index (χ2n) is 4.92. The molecule has 0 radical (unpaired) electrons. The molecule has 1 aliphatic rings. The quantitative estimate of drug-likeness (QED) is 0.665. The highest BCUT2D eigenvalue weighted by molar-refractivity contribution is 5.95. The van der Waals surface area contributed by atoms with Crippen molar-refractivity contribution in [3.05, 3.63) is 23.8 Å². The molecule has 1 atom stereocenters. The molecule has 1 amide bonds. The Labute approximate surface area is 93.9 Å². The fraction of sp³-hybridized carbons (Fsp3) is 0.417. The third kappa shape index (κ3) is 1.96. The summed E-state index contributed by atoms with van der Waals surface area (Å²) in [5.41, 5.74) is 0.534. The number of phenolic OH excluding ortho intramolecular Hbond substituents is 2. The summed E-state index contributed by atoms with van der Waals surface area (Å²) in [6.07, 6.45) is 0.975. The molecule has 1 aromatic rings. The van der Waals surface area contributed by atoms with Crippen molar-refractivity contribution in [1.82, 2.24) is 5.32 Å². The van der Waals surface area contributed by atoms with Crippen LogP contribution in [0.25, 0.3) is 0 Å². The topological polar surface area (TPSA) is 69.6 Å². The summed E-state index contributed by atoms with van der Waals surface area (Å²) in [6.45, 7) is 4.18. The number of benzene rings is 1. The molecule has 1 unspecified atom stereocenters. The van der Waals surface area contributed by atoms with Gasteiger partial charge in [0.25, 0.3) is 5.91 Å². The third-order valence-electron chi connectivity index (χ3n) is 3.06. The third-order valence-corrected chi connectivity index (χ3v) is 3.06. The summed E-state index contributed by atoms with van der Waals surface area (Å²) in [6, 6.07) is 4.26.